The number of carbonyl (C=O) groups is 3. The van der Waals surface area contributed by atoms with Crippen molar-refractivity contribution in [2.24, 2.45) is 5.73 Å². The number of anilines is 1. The first-order valence-electron chi connectivity index (χ1n) is 15.3. The number of amidine groups is 1. The lowest BCUT2D eigenvalue weighted by molar-refractivity contribution is -0.192. The van der Waals surface area contributed by atoms with E-state index in [9.17, 15) is 31.2 Å². The molecule has 0 spiro atoms. The minimum Gasteiger partial charge on any atom is -0.481 e. The fraction of sp³-hybridized carbons (Fsp3) is 0.394. The Hall–Kier alpha value is -3.89. The van der Waals surface area contributed by atoms with Crippen molar-refractivity contribution >= 4 is 62.3 Å². The number of sulfone groups is 1. The van der Waals surface area contributed by atoms with E-state index in [0.717, 1.165) is 62.5 Å². The minimum atomic E-state index is -5.08. The molecule has 0 fully saturated rings. The Kier molecular flexibility index (Phi) is 16.3. The molecule has 49 heavy (non-hydrogen) atoms. The van der Waals surface area contributed by atoms with E-state index < -0.39 is 28.0 Å². The van der Waals surface area contributed by atoms with E-state index >= 15 is 0 Å². The first kappa shape index (κ1) is 41.3. The lowest BCUT2D eigenvalue weighted by atomic mass is 9.98. The van der Waals surface area contributed by atoms with Gasteiger partial charge in [0.1, 0.15) is 5.84 Å². The minimum absolute atomic E-state index is 0.0843. The number of nitrogens with two attached hydrogens (primary N) is 1. The molecule has 0 unspecified atom stereocenters. The summed E-state index contributed by atoms with van der Waals surface area (Å²) in [5.41, 5.74) is 8.62. The smallest absolute Gasteiger partial charge is 0.481 e. The predicted octanol–water partition coefficient (Wildman–Crippen LogP) is 8.12. The molecule has 0 aliphatic carbocycles. The molecule has 16 heteroatoms. The van der Waals surface area contributed by atoms with E-state index in [4.69, 9.17) is 26.2 Å². The third-order valence-corrected chi connectivity index (χ3v) is 11.5. The molecule has 1 aromatic heterocycles. The highest BCUT2D eigenvalue weighted by molar-refractivity contribution is 8.01. The quantitative estimate of drug-likeness (QED) is 0.0394. The number of alkyl halides is 3. The second-order valence-electron chi connectivity index (χ2n) is 11.0. The number of benzene rings is 2. The van der Waals surface area contributed by atoms with Gasteiger partial charge in [-0.1, -0.05) is 62.8 Å². The Morgan fingerprint density at radius 1 is 0.918 bits per heavy atom. The molecule has 1 amide bonds. The second-order valence-corrected chi connectivity index (χ2v) is 15.0. The van der Waals surface area contributed by atoms with Crippen LogP contribution in [0.3, 0.4) is 0 Å². The first-order valence-corrected chi connectivity index (χ1v) is 18.8. The summed E-state index contributed by atoms with van der Waals surface area (Å²) in [6.07, 6.45) is 4.98. The van der Waals surface area contributed by atoms with Crippen molar-refractivity contribution in [1.29, 1.82) is 5.41 Å². The monoisotopic (exact) mass is 743 g/mol. The van der Waals surface area contributed by atoms with Crippen LogP contribution in [0, 0.1) is 12.3 Å². The number of hydrogen-bond donors (Lipinski definition) is 5. The molecule has 0 atom stereocenters. The Labute approximate surface area is 291 Å². The maximum absolute atomic E-state index is 13.7. The molecule has 0 radical (unpaired) electrons. The molecule has 0 aliphatic heterocycles. The van der Waals surface area contributed by atoms with Crippen LogP contribution in [0.25, 0.3) is 11.1 Å². The highest BCUT2D eigenvalue weighted by Gasteiger charge is 2.38. The van der Waals surface area contributed by atoms with Crippen LogP contribution in [0.1, 0.15) is 74.6 Å². The van der Waals surface area contributed by atoms with Crippen LogP contribution < -0.4 is 11.1 Å². The highest BCUT2D eigenvalue weighted by Crippen LogP contribution is 2.39. The molecule has 2 aromatic carbocycles. The van der Waals surface area contributed by atoms with Gasteiger partial charge in [0.25, 0.3) is 0 Å². The van der Waals surface area contributed by atoms with E-state index in [1.165, 1.54) is 29.2 Å². The van der Waals surface area contributed by atoms with E-state index in [2.05, 4.69) is 5.32 Å². The number of aryl methyl sites for hydroxylation is 1. The van der Waals surface area contributed by atoms with Crippen molar-refractivity contribution in [3.63, 3.8) is 0 Å². The van der Waals surface area contributed by atoms with Crippen LogP contribution >= 0.6 is 23.1 Å². The van der Waals surface area contributed by atoms with Crippen molar-refractivity contribution in [2.45, 2.75) is 91.3 Å². The van der Waals surface area contributed by atoms with Gasteiger partial charge in [0.15, 0.2) is 0 Å². The van der Waals surface area contributed by atoms with Crippen LogP contribution in [0.2, 0.25) is 0 Å². The first-order chi connectivity index (χ1) is 23.0. The highest BCUT2D eigenvalue weighted by atomic mass is 32.2. The summed E-state index contributed by atoms with van der Waals surface area (Å²) in [6.45, 7) is 1.93. The van der Waals surface area contributed by atoms with Crippen molar-refractivity contribution in [3.8, 4) is 11.1 Å². The maximum Gasteiger partial charge on any atom is 0.490 e. The van der Waals surface area contributed by atoms with Gasteiger partial charge in [-0.05, 0) is 61.4 Å². The molecule has 3 rings (SSSR count). The van der Waals surface area contributed by atoms with Gasteiger partial charge in [-0.25, -0.2) is 13.2 Å². The van der Waals surface area contributed by atoms with E-state index in [1.54, 1.807) is 24.5 Å². The Morgan fingerprint density at radius 2 is 1.47 bits per heavy atom. The molecule has 1 heterocycles. The second kappa shape index (κ2) is 19.3. The average molecular weight is 744 g/mol. The zero-order valence-electron chi connectivity index (χ0n) is 27.1. The number of nitrogens with one attached hydrogen (secondary N) is 2. The Morgan fingerprint density at radius 3 is 2.00 bits per heavy atom. The molecule has 3 aromatic rings. The zero-order valence-corrected chi connectivity index (χ0v) is 29.5. The summed E-state index contributed by atoms with van der Waals surface area (Å²) in [4.78, 5) is 33.0. The molecule has 268 valence electrons. The van der Waals surface area contributed by atoms with Gasteiger partial charge in [-0.3, -0.25) is 15.0 Å². The summed E-state index contributed by atoms with van der Waals surface area (Å²) in [6, 6.07) is 13.8. The molecule has 0 saturated heterocycles. The van der Waals surface area contributed by atoms with Crippen molar-refractivity contribution in [3.05, 3.63) is 59.0 Å². The van der Waals surface area contributed by atoms with Gasteiger partial charge in [0.05, 0.1) is 18.9 Å². The maximum atomic E-state index is 13.7. The van der Waals surface area contributed by atoms with Gasteiger partial charge in [0.2, 0.25) is 15.7 Å². The average Bonchev–Trinajstić information content (AvgIpc) is 3.48. The van der Waals surface area contributed by atoms with Crippen LogP contribution in [0.5, 0.6) is 0 Å². The number of carboxylic acids is 2. The number of halogens is 3. The Bertz CT molecular complexity index is 1730. The van der Waals surface area contributed by atoms with Crippen molar-refractivity contribution in [2.75, 3.05) is 11.6 Å². The van der Waals surface area contributed by atoms with Crippen LogP contribution in [-0.4, -0.2) is 54.7 Å². The number of unbranched alkanes of at least 4 members (excludes halogenated alkanes) is 7. The fourth-order valence-corrected chi connectivity index (χ4v) is 8.66. The summed E-state index contributed by atoms with van der Waals surface area (Å²) < 4.78 is 59.6. The summed E-state index contributed by atoms with van der Waals surface area (Å²) in [5, 5.41) is 26.6. The topological polar surface area (TPSA) is 188 Å². The molecule has 6 N–H and O–H groups in total. The standard InChI is InChI=1S/C31H39N3O5S3.C2HF3O2/c1-21-13-11-16-24(34-27(35)17-9-7-5-3-4-6-8-10-18-28(36)37)29(21)22-14-12-15-23(19-22)42(38,39)26-20-25(30(32)33)41-31(26)40-2;3-2(4,5)1(6)7/h11-16,19-20H,3-10,17-18H2,1-2H3,(H3,32,33)(H,34,35)(H,36,37);(H,6,7). The number of nitrogen functional groups attached to an aromatic ring is 1. The molecule has 10 nitrogen and oxygen atoms in total. The number of aliphatic carboxylic acids is 2. The van der Waals surface area contributed by atoms with Gasteiger partial charge < -0.3 is 21.3 Å². The van der Waals surface area contributed by atoms with E-state index in [1.807, 2.05) is 31.2 Å². The number of carbonyl (C=O) groups excluding carboxylic acids is 1. The summed E-state index contributed by atoms with van der Waals surface area (Å²) >= 11 is 2.49. The molecular weight excluding hydrogens is 704 g/mol. The van der Waals surface area contributed by atoms with Crippen molar-refractivity contribution < 1.29 is 46.2 Å². The number of carboxylic acid groups (broad SMARTS) is 2. The predicted molar refractivity (Wildman–Crippen MR) is 185 cm³/mol. The zero-order chi connectivity index (χ0) is 36.8. The molecule has 0 aliphatic rings. The number of amides is 1. The van der Waals surface area contributed by atoms with E-state index in [-0.39, 0.29) is 28.0 Å². The van der Waals surface area contributed by atoms with Gasteiger partial charge >= 0.3 is 18.1 Å². The lowest BCUT2D eigenvalue weighted by Gasteiger charge is -2.15. The van der Waals surface area contributed by atoms with Crippen LogP contribution in [-0.2, 0) is 24.2 Å². The SMILES string of the molecule is CSc1sc(C(=N)N)cc1S(=O)(=O)c1cccc(-c2c(C)cccc2NC(=O)CCCCCCCCCCC(=O)O)c1.O=C(O)C(F)(F)F. The third kappa shape index (κ3) is 13.2. The number of hydrogen-bond acceptors (Lipinski definition) is 8. The summed E-state index contributed by atoms with van der Waals surface area (Å²) in [5.74, 6) is -3.75. The van der Waals surface area contributed by atoms with Gasteiger partial charge in [-0.2, -0.15) is 13.2 Å². The summed E-state index contributed by atoms with van der Waals surface area (Å²) in [7, 11) is -3.88. The molecule has 0 bridgehead atoms. The van der Waals surface area contributed by atoms with Gasteiger partial charge in [0, 0.05) is 24.1 Å². The Balaban J connectivity index is 0.00000107. The number of thioether (sulfide) groups is 1. The van der Waals surface area contributed by atoms with Crippen LogP contribution in [0.15, 0.2) is 62.5 Å². The van der Waals surface area contributed by atoms with Crippen LogP contribution in [0.4, 0.5) is 18.9 Å². The van der Waals surface area contributed by atoms with Crippen molar-refractivity contribution in [1.82, 2.24) is 0 Å². The third-order valence-electron chi connectivity index (χ3n) is 7.17. The molecule has 0 saturated carbocycles. The normalized spacial score (nSPS) is 11.4. The lowest BCUT2D eigenvalue weighted by Crippen LogP contribution is -2.21. The number of thiophene rings is 1. The largest absolute Gasteiger partial charge is 0.490 e. The van der Waals surface area contributed by atoms with Gasteiger partial charge in [-0.15, -0.1) is 23.1 Å². The van der Waals surface area contributed by atoms with E-state index in [0.29, 0.717) is 26.8 Å². The fourth-order valence-electron chi connectivity index (χ4n) is 4.76. The number of rotatable bonds is 17. The molecular formula is C33H40F3N3O7S3.